The first-order valence-corrected chi connectivity index (χ1v) is 7.01. The molecule has 1 aliphatic rings. The summed E-state index contributed by atoms with van der Waals surface area (Å²) in [5.74, 6) is 2.01. The molecule has 0 aromatic carbocycles. The molecule has 1 heterocycles. The number of aromatic nitrogens is 1. The number of nitrogens with zero attached hydrogens (tertiary/aromatic N) is 2. The fourth-order valence-electron chi connectivity index (χ4n) is 2.14. The smallest absolute Gasteiger partial charge is 0.128 e. The molecular weight excluding hydrogens is 222 g/mol. The second-order valence-corrected chi connectivity index (χ2v) is 5.65. The average molecular weight is 247 g/mol. The third-order valence-electron chi connectivity index (χ3n) is 3.77. The molecule has 1 aliphatic carbocycles. The molecule has 0 aliphatic heterocycles. The first kappa shape index (κ1) is 13.3. The van der Waals surface area contributed by atoms with Crippen LogP contribution < -0.4 is 10.2 Å². The Labute approximate surface area is 111 Å². The van der Waals surface area contributed by atoms with Gasteiger partial charge in [-0.05, 0) is 58.2 Å². The van der Waals surface area contributed by atoms with Gasteiger partial charge in [0.25, 0.3) is 0 Å². The molecule has 0 saturated heterocycles. The van der Waals surface area contributed by atoms with E-state index in [2.05, 4.69) is 48.1 Å². The Morgan fingerprint density at radius 1 is 1.33 bits per heavy atom. The zero-order valence-electron chi connectivity index (χ0n) is 12.0. The Morgan fingerprint density at radius 3 is 2.50 bits per heavy atom. The zero-order valence-corrected chi connectivity index (χ0v) is 12.0. The van der Waals surface area contributed by atoms with E-state index in [1.165, 1.54) is 18.4 Å². The predicted octanol–water partition coefficient (Wildman–Crippen LogP) is 2.99. The van der Waals surface area contributed by atoms with Gasteiger partial charge >= 0.3 is 0 Å². The molecule has 2 rings (SSSR count). The first-order valence-electron chi connectivity index (χ1n) is 7.01. The summed E-state index contributed by atoms with van der Waals surface area (Å²) in [4.78, 5) is 7.06. The quantitative estimate of drug-likeness (QED) is 0.837. The molecule has 1 fully saturated rings. The largest absolute Gasteiger partial charge is 0.354 e. The molecule has 18 heavy (non-hydrogen) atoms. The standard InChI is InChI=1S/C15H25N3/c1-11(2)18(10-13-5-6-13)15-8-7-14(9-17-15)12(3)16-4/h7-9,11-13,16H,5-6,10H2,1-4H3. The summed E-state index contributed by atoms with van der Waals surface area (Å²) in [7, 11) is 1.98. The number of pyridine rings is 1. The molecule has 0 bridgehead atoms. The van der Waals surface area contributed by atoms with Crippen molar-refractivity contribution in [3.05, 3.63) is 23.9 Å². The van der Waals surface area contributed by atoms with Crippen molar-refractivity contribution >= 4 is 5.82 Å². The molecule has 1 saturated carbocycles. The van der Waals surface area contributed by atoms with Crippen LogP contribution in [0.3, 0.4) is 0 Å². The van der Waals surface area contributed by atoms with Crippen LogP contribution in [-0.2, 0) is 0 Å². The van der Waals surface area contributed by atoms with Gasteiger partial charge in [-0.3, -0.25) is 0 Å². The zero-order chi connectivity index (χ0) is 13.1. The van der Waals surface area contributed by atoms with E-state index >= 15 is 0 Å². The van der Waals surface area contributed by atoms with Crippen molar-refractivity contribution in [2.45, 2.75) is 45.7 Å². The molecule has 1 N–H and O–H groups in total. The number of anilines is 1. The maximum absolute atomic E-state index is 4.64. The number of rotatable bonds is 6. The van der Waals surface area contributed by atoms with Crippen LogP contribution in [-0.4, -0.2) is 24.6 Å². The molecule has 0 spiro atoms. The lowest BCUT2D eigenvalue weighted by Gasteiger charge is -2.28. The Kier molecular flexibility index (Phi) is 4.23. The Morgan fingerprint density at radius 2 is 2.06 bits per heavy atom. The lowest BCUT2D eigenvalue weighted by Crippen LogP contribution is -2.33. The van der Waals surface area contributed by atoms with Crippen LogP contribution in [0.15, 0.2) is 18.3 Å². The van der Waals surface area contributed by atoms with E-state index in [9.17, 15) is 0 Å². The van der Waals surface area contributed by atoms with Gasteiger partial charge in [0.15, 0.2) is 0 Å². The number of nitrogens with one attached hydrogen (secondary N) is 1. The van der Waals surface area contributed by atoms with Crippen LogP contribution in [0.25, 0.3) is 0 Å². The van der Waals surface area contributed by atoms with Crippen molar-refractivity contribution in [3.63, 3.8) is 0 Å². The Bertz CT molecular complexity index is 368. The minimum absolute atomic E-state index is 0.363. The van der Waals surface area contributed by atoms with E-state index in [0.29, 0.717) is 12.1 Å². The molecule has 1 unspecified atom stereocenters. The van der Waals surface area contributed by atoms with Gasteiger partial charge in [0.1, 0.15) is 5.82 Å². The SMILES string of the molecule is CNC(C)c1ccc(N(CC2CC2)C(C)C)nc1. The molecular formula is C15H25N3. The van der Waals surface area contributed by atoms with Crippen LogP contribution >= 0.6 is 0 Å². The lowest BCUT2D eigenvalue weighted by atomic mass is 10.1. The second kappa shape index (κ2) is 5.70. The molecule has 0 amide bonds. The van der Waals surface area contributed by atoms with Gasteiger partial charge in [-0.25, -0.2) is 4.98 Å². The third kappa shape index (κ3) is 3.22. The van der Waals surface area contributed by atoms with E-state index in [-0.39, 0.29) is 0 Å². The van der Waals surface area contributed by atoms with Crippen molar-refractivity contribution in [2.75, 3.05) is 18.5 Å². The van der Waals surface area contributed by atoms with Crippen LogP contribution in [0.4, 0.5) is 5.82 Å². The van der Waals surface area contributed by atoms with Crippen LogP contribution in [0.1, 0.15) is 45.2 Å². The summed E-state index contributed by atoms with van der Waals surface area (Å²) in [6.45, 7) is 7.80. The maximum Gasteiger partial charge on any atom is 0.128 e. The summed E-state index contributed by atoms with van der Waals surface area (Å²) in [5, 5.41) is 3.24. The van der Waals surface area contributed by atoms with Gasteiger partial charge in [-0.2, -0.15) is 0 Å². The fourth-order valence-corrected chi connectivity index (χ4v) is 2.14. The summed E-state index contributed by atoms with van der Waals surface area (Å²) in [6.07, 6.45) is 4.77. The molecule has 100 valence electrons. The van der Waals surface area contributed by atoms with Gasteiger partial charge in [0.2, 0.25) is 0 Å². The van der Waals surface area contributed by atoms with E-state index in [1.54, 1.807) is 0 Å². The van der Waals surface area contributed by atoms with Gasteiger partial charge < -0.3 is 10.2 Å². The van der Waals surface area contributed by atoms with Crippen molar-refractivity contribution in [2.24, 2.45) is 5.92 Å². The van der Waals surface area contributed by atoms with E-state index in [4.69, 9.17) is 0 Å². The van der Waals surface area contributed by atoms with Crippen molar-refractivity contribution in [1.29, 1.82) is 0 Å². The average Bonchev–Trinajstić information content (AvgIpc) is 3.19. The molecule has 3 heteroatoms. The highest BCUT2D eigenvalue weighted by Crippen LogP contribution is 2.31. The maximum atomic E-state index is 4.64. The Hall–Kier alpha value is -1.09. The van der Waals surface area contributed by atoms with Gasteiger partial charge in [-0.1, -0.05) is 6.07 Å². The van der Waals surface area contributed by atoms with Gasteiger partial charge in [-0.15, -0.1) is 0 Å². The highest BCUT2D eigenvalue weighted by Gasteiger charge is 2.26. The van der Waals surface area contributed by atoms with Crippen LogP contribution in [0.5, 0.6) is 0 Å². The normalized spacial score (nSPS) is 16.9. The lowest BCUT2D eigenvalue weighted by molar-refractivity contribution is 0.630. The molecule has 3 nitrogen and oxygen atoms in total. The van der Waals surface area contributed by atoms with E-state index in [0.717, 1.165) is 18.3 Å². The number of hydrogen-bond donors (Lipinski definition) is 1. The third-order valence-corrected chi connectivity index (χ3v) is 3.77. The summed E-state index contributed by atoms with van der Waals surface area (Å²) in [5.41, 5.74) is 1.25. The second-order valence-electron chi connectivity index (χ2n) is 5.65. The van der Waals surface area contributed by atoms with Crippen LogP contribution in [0.2, 0.25) is 0 Å². The highest BCUT2D eigenvalue weighted by molar-refractivity contribution is 5.41. The predicted molar refractivity (Wildman–Crippen MR) is 76.9 cm³/mol. The summed E-state index contributed by atoms with van der Waals surface area (Å²) >= 11 is 0. The van der Waals surface area contributed by atoms with E-state index in [1.807, 2.05) is 13.2 Å². The molecule has 1 aromatic heterocycles. The summed E-state index contributed by atoms with van der Waals surface area (Å²) in [6, 6.07) is 5.23. The van der Waals surface area contributed by atoms with Crippen LogP contribution in [0, 0.1) is 5.92 Å². The van der Waals surface area contributed by atoms with Crippen molar-refractivity contribution in [3.8, 4) is 0 Å². The summed E-state index contributed by atoms with van der Waals surface area (Å²) < 4.78 is 0. The number of hydrogen-bond acceptors (Lipinski definition) is 3. The Balaban J connectivity index is 2.09. The molecule has 0 radical (unpaired) electrons. The van der Waals surface area contributed by atoms with Gasteiger partial charge in [0.05, 0.1) is 0 Å². The van der Waals surface area contributed by atoms with Crippen molar-refractivity contribution < 1.29 is 0 Å². The van der Waals surface area contributed by atoms with Crippen molar-refractivity contribution in [1.82, 2.24) is 10.3 Å². The topological polar surface area (TPSA) is 28.2 Å². The first-order chi connectivity index (χ1) is 8.61. The minimum Gasteiger partial charge on any atom is -0.354 e. The molecule has 1 atom stereocenters. The van der Waals surface area contributed by atoms with Gasteiger partial charge in [0, 0.05) is 24.8 Å². The highest BCUT2D eigenvalue weighted by atomic mass is 15.2. The van der Waals surface area contributed by atoms with E-state index < -0.39 is 0 Å². The molecule has 1 aromatic rings. The monoisotopic (exact) mass is 247 g/mol. The minimum atomic E-state index is 0.363. The fraction of sp³-hybridized carbons (Fsp3) is 0.667.